The monoisotopic (exact) mass is 708 g/mol. The van der Waals surface area contributed by atoms with Gasteiger partial charge in [-0.05, 0) is 56.0 Å². The van der Waals surface area contributed by atoms with Crippen molar-refractivity contribution in [3.05, 3.63) is 66.9 Å². The summed E-state index contributed by atoms with van der Waals surface area (Å²) in [5.41, 5.74) is 4.05. The van der Waals surface area contributed by atoms with E-state index in [2.05, 4.69) is 44.2 Å². The van der Waals surface area contributed by atoms with Gasteiger partial charge in [-0.15, -0.1) is 34.0 Å². The number of pyridine rings is 2. The summed E-state index contributed by atoms with van der Waals surface area (Å²) >= 11 is 5.25. The molecule has 49 heavy (non-hydrogen) atoms. The normalized spacial score (nSPS) is 12.7. The molecular formula is C42H48N2O2S3. The topological polar surface area (TPSA) is 43.0 Å². The Kier molecular flexibility index (Phi) is 9.69. The average Bonchev–Trinajstić information content (AvgIpc) is 3.91. The molecule has 0 atom stereocenters. The molecule has 7 heteroatoms. The largest absolute Gasteiger partial charge is 0.274 e. The van der Waals surface area contributed by atoms with Crippen LogP contribution in [0.3, 0.4) is 0 Å². The summed E-state index contributed by atoms with van der Waals surface area (Å²) in [7, 11) is 0. The second kappa shape index (κ2) is 14.3. The molecule has 256 valence electrons. The number of nitrogens with zero attached hydrogens (tertiary/aromatic N) is 2. The molecule has 0 fully saturated rings. The van der Waals surface area contributed by atoms with Crippen LogP contribution in [0, 0.1) is 0 Å². The highest BCUT2D eigenvalue weighted by Crippen LogP contribution is 2.44. The van der Waals surface area contributed by atoms with Crippen molar-refractivity contribution >= 4 is 96.4 Å². The number of hydrogen-bond acceptors (Lipinski definition) is 5. The van der Waals surface area contributed by atoms with E-state index in [9.17, 15) is 9.59 Å². The number of rotatable bonds is 18. The van der Waals surface area contributed by atoms with Gasteiger partial charge in [0.15, 0.2) is 0 Å². The fourth-order valence-electron chi connectivity index (χ4n) is 8.23. The number of fused-ring (bicyclic) bond motifs is 8. The summed E-state index contributed by atoms with van der Waals surface area (Å²) in [5, 5.41) is 3.74. The Hall–Kier alpha value is -3.00. The Morgan fingerprint density at radius 1 is 0.469 bits per heavy atom. The molecule has 8 rings (SSSR count). The highest BCUT2D eigenvalue weighted by atomic mass is 32.1. The van der Waals surface area contributed by atoms with E-state index in [-0.39, 0.29) is 11.1 Å². The van der Waals surface area contributed by atoms with Crippen molar-refractivity contribution in [2.75, 3.05) is 0 Å². The zero-order chi connectivity index (χ0) is 33.5. The van der Waals surface area contributed by atoms with Crippen molar-refractivity contribution in [3.63, 3.8) is 0 Å². The Bertz CT molecular complexity index is 2490. The Morgan fingerprint density at radius 2 is 0.939 bits per heavy atom. The van der Waals surface area contributed by atoms with E-state index < -0.39 is 0 Å². The van der Waals surface area contributed by atoms with Crippen LogP contribution in [0.2, 0.25) is 0 Å². The van der Waals surface area contributed by atoms with Gasteiger partial charge in [-0.3, -0.25) is 18.4 Å². The summed E-state index contributed by atoms with van der Waals surface area (Å²) in [6, 6.07) is 13.0. The number of benzene rings is 1. The van der Waals surface area contributed by atoms with E-state index in [1.54, 1.807) is 11.3 Å². The van der Waals surface area contributed by atoms with E-state index >= 15 is 0 Å². The molecule has 7 heterocycles. The average molecular weight is 709 g/mol. The summed E-state index contributed by atoms with van der Waals surface area (Å²) in [5.74, 6) is 0. The molecule has 0 bridgehead atoms. The molecular weight excluding hydrogens is 661 g/mol. The zero-order valence-corrected chi connectivity index (χ0v) is 31.6. The van der Waals surface area contributed by atoms with Crippen molar-refractivity contribution in [1.29, 1.82) is 0 Å². The Labute approximate surface area is 300 Å². The number of hydrogen-bond donors (Lipinski definition) is 0. The van der Waals surface area contributed by atoms with Crippen LogP contribution in [-0.4, -0.2) is 8.80 Å². The van der Waals surface area contributed by atoms with Crippen LogP contribution in [0.4, 0.5) is 0 Å². The molecule has 4 nitrogen and oxygen atoms in total. The minimum absolute atomic E-state index is 0.0309. The first kappa shape index (κ1) is 33.2. The van der Waals surface area contributed by atoms with Crippen LogP contribution < -0.4 is 11.1 Å². The predicted molar refractivity (Wildman–Crippen MR) is 217 cm³/mol. The summed E-state index contributed by atoms with van der Waals surface area (Å²) in [4.78, 5) is 31.2. The zero-order valence-electron chi connectivity index (χ0n) is 29.1. The van der Waals surface area contributed by atoms with E-state index in [4.69, 9.17) is 0 Å². The molecule has 0 spiro atoms. The number of aromatic nitrogens is 2. The molecule has 0 unspecified atom stereocenters. The van der Waals surface area contributed by atoms with Gasteiger partial charge in [0.05, 0.1) is 36.2 Å². The second-order valence-corrected chi connectivity index (χ2v) is 17.7. The fourth-order valence-corrected chi connectivity index (χ4v) is 11.7. The lowest BCUT2D eigenvalue weighted by atomic mass is 10.0. The van der Waals surface area contributed by atoms with Crippen LogP contribution in [0.15, 0.2) is 46.0 Å². The van der Waals surface area contributed by atoms with Gasteiger partial charge >= 0.3 is 0 Å². The van der Waals surface area contributed by atoms with Crippen molar-refractivity contribution in [3.8, 4) is 0 Å². The third-order valence-electron chi connectivity index (χ3n) is 10.8. The SMILES string of the molecule is CCCCCCCCCCCCc1cc2c(cc3c4ccc5c(=O)n6c7cc(CCCCCCCC)sc7cc6c6sc(c(=O)n23)c4c56)s1. The maximum atomic E-state index is 14.3. The first-order valence-corrected chi connectivity index (χ1v) is 21.5. The van der Waals surface area contributed by atoms with Crippen LogP contribution in [0.25, 0.3) is 62.4 Å². The summed E-state index contributed by atoms with van der Waals surface area (Å²) < 4.78 is 8.06. The fraction of sp³-hybridized carbons (Fsp3) is 0.476. The van der Waals surface area contributed by atoms with Crippen LogP contribution in [0.5, 0.6) is 0 Å². The standard InChI is InChI=1S/C42H48N2O2S3/c1-3-5-7-9-11-12-13-14-16-18-20-27-23-32-35(47-27)25-31-29-21-22-30-38-37(29)40(42(46)43(31)32)49-39(38)34-26-36-33(44(34)41(30)45)24-28(48-36)19-17-15-10-8-6-4-2/h21-26H,3-20H2,1-2H3. The molecule has 1 aromatic carbocycles. The van der Waals surface area contributed by atoms with Crippen molar-refractivity contribution in [1.82, 2.24) is 8.80 Å². The van der Waals surface area contributed by atoms with E-state index in [0.29, 0.717) is 0 Å². The van der Waals surface area contributed by atoms with Gasteiger partial charge in [-0.1, -0.05) is 110 Å². The van der Waals surface area contributed by atoms with Crippen molar-refractivity contribution in [2.24, 2.45) is 0 Å². The Morgan fingerprint density at radius 3 is 1.51 bits per heavy atom. The first-order valence-electron chi connectivity index (χ1n) is 19.1. The van der Waals surface area contributed by atoms with Crippen LogP contribution >= 0.6 is 34.0 Å². The van der Waals surface area contributed by atoms with E-state index in [1.807, 2.05) is 37.5 Å². The number of unbranched alkanes of at least 4 members (excludes halogenated alkanes) is 14. The lowest BCUT2D eigenvalue weighted by Gasteiger charge is -2.06. The lowest BCUT2D eigenvalue weighted by molar-refractivity contribution is 0.557. The van der Waals surface area contributed by atoms with Gasteiger partial charge in [0.2, 0.25) is 0 Å². The molecule has 0 amide bonds. The summed E-state index contributed by atoms with van der Waals surface area (Å²) in [6.07, 6.45) is 23.3. The van der Waals surface area contributed by atoms with Crippen LogP contribution in [0.1, 0.15) is 126 Å². The number of aryl methyl sites for hydroxylation is 2. The first-order chi connectivity index (χ1) is 24.1. The Balaban J connectivity index is 1.07. The van der Waals surface area contributed by atoms with Gasteiger partial charge in [-0.25, -0.2) is 0 Å². The van der Waals surface area contributed by atoms with Gasteiger partial charge in [0, 0.05) is 31.3 Å². The quantitative estimate of drug-likeness (QED) is 0.0658. The van der Waals surface area contributed by atoms with Crippen molar-refractivity contribution in [2.45, 2.75) is 129 Å². The molecule has 7 aromatic heterocycles. The minimum atomic E-state index is 0.0309. The van der Waals surface area contributed by atoms with E-state index in [0.717, 1.165) is 65.9 Å². The lowest BCUT2D eigenvalue weighted by Crippen LogP contribution is -2.13. The van der Waals surface area contributed by atoms with Gasteiger partial charge in [0.1, 0.15) is 4.70 Å². The maximum absolute atomic E-state index is 14.3. The highest BCUT2D eigenvalue weighted by Gasteiger charge is 2.24. The maximum Gasteiger partial charge on any atom is 0.273 e. The smallest absolute Gasteiger partial charge is 0.273 e. The predicted octanol–water partition coefficient (Wildman–Crippen LogP) is 13.1. The van der Waals surface area contributed by atoms with Crippen molar-refractivity contribution < 1.29 is 0 Å². The molecule has 0 aliphatic carbocycles. The molecule has 0 aliphatic rings. The second-order valence-electron chi connectivity index (χ2n) is 14.4. The number of thiophene rings is 3. The minimum Gasteiger partial charge on any atom is -0.274 e. The van der Waals surface area contributed by atoms with Gasteiger partial charge < -0.3 is 0 Å². The third kappa shape index (κ3) is 5.98. The van der Waals surface area contributed by atoms with E-state index in [1.165, 1.54) is 122 Å². The molecule has 0 saturated carbocycles. The highest BCUT2D eigenvalue weighted by molar-refractivity contribution is 7.27. The molecule has 0 aliphatic heterocycles. The summed E-state index contributed by atoms with van der Waals surface area (Å²) in [6.45, 7) is 4.54. The molecule has 0 radical (unpaired) electrons. The van der Waals surface area contributed by atoms with Crippen LogP contribution in [-0.2, 0) is 12.8 Å². The molecule has 0 saturated heterocycles. The molecule has 8 aromatic rings. The van der Waals surface area contributed by atoms with Gasteiger partial charge in [-0.2, -0.15) is 0 Å². The van der Waals surface area contributed by atoms with Gasteiger partial charge in [0.25, 0.3) is 11.1 Å². The molecule has 0 N–H and O–H groups in total. The third-order valence-corrected chi connectivity index (χ3v) is 14.3.